The number of nitriles is 1. The number of hydrogen-bond acceptors (Lipinski definition) is 3. The summed E-state index contributed by atoms with van der Waals surface area (Å²) >= 11 is 0. The monoisotopic (exact) mass is 728 g/mol. The molecule has 0 fully saturated rings. The highest BCUT2D eigenvalue weighted by Crippen LogP contribution is 2.56. The highest BCUT2D eigenvalue weighted by Gasteiger charge is 2.38. The summed E-state index contributed by atoms with van der Waals surface area (Å²) in [4.78, 5) is 8.37. The molecule has 0 radical (unpaired) electrons. The van der Waals surface area contributed by atoms with Gasteiger partial charge in [-0.15, -0.1) is 0 Å². The van der Waals surface area contributed by atoms with E-state index in [1.165, 1.54) is 38.4 Å². The van der Waals surface area contributed by atoms with Crippen molar-refractivity contribution in [2.75, 3.05) is 9.80 Å². The number of fused-ring (bicyclic) bond motifs is 7. The van der Waals surface area contributed by atoms with Gasteiger partial charge in [0.2, 0.25) is 0 Å². The Bertz CT molecular complexity index is 3120. The second-order valence-electron chi connectivity index (χ2n) is 15.2. The minimum Gasteiger partial charge on any atom is -0.310 e. The van der Waals surface area contributed by atoms with Gasteiger partial charge in [-0.05, 0) is 105 Å². The Labute approximate surface area is 332 Å². The zero-order valence-corrected chi connectivity index (χ0v) is 31.6. The summed E-state index contributed by atoms with van der Waals surface area (Å²) in [6.45, 7) is 12.3. The fourth-order valence-electron chi connectivity index (χ4n) is 8.88. The second kappa shape index (κ2) is 13.3. The molecule has 9 aromatic rings. The molecule has 1 aliphatic rings. The minimum absolute atomic E-state index is 0.354. The smallest absolute Gasteiger partial charge is 0.187 e. The Kier molecular flexibility index (Phi) is 7.89. The molecule has 0 spiro atoms. The van der Waals surface area contributed by atoms with Crippen LogP contribution in [0.25, 0.3) is 48.3 Å². The Morgan fingerprint density at radius 1 is 0.491 bits per heavy atom. The Hall–Kier alpha value is -7.66. The second-order valence-corrected chi connectivity index (χ2v) is 15.2. The topological polar surface area (TPSA) is 34.6 Å². The molecule has 0 amide bonds. The molecular weight excluding hydrogens is 693 g/mol. The van der Waals surface area contributed by atoms with Gasteiger partial charge in [-0.3, -0.25) is 0 Å². The fraction of sp³-hybridized carbons (Fsp3) is 0.0566. The predicted molar refractivity (Wildman–Crippen MR) is 237 cm³/mol. The van der Waals surface area contributed by atoms with Gasteiger partial charge in [0.15, 0.2) is 5.69 Å². The molecule has 0 aromatic heterocycles. The number of anilines is 6. The van der Waals surface area contributed by atoms with E-state index in [4.69, 9.17) is 6.57 Å². The summed E-state index contributed by atoms with van der Waals surface area (Å²) in [5.74, 6) is 0. The SMILES string of the molecule is [C-]#[N+]c1ccc(N(c2ccc3c(c2)C(C)(C)c2cc(N(c4ccc(C#N)cc4)c4cccc5ccccc45)c4ccccc4c2-3)c2cccc3ccccc23)cc1. The van der Waals surface area contributed by atoms with Crippen LogP contribution in [-0.2, 0) is 5.41 Å². The first kappa shape index (κ1) is 33.9. The van der Waals surface area contributed by atoms with Gasteiger partial charge in [-0.1, -0.05) is 129 Å². The van der Waals surface area contributed by atoms with Crippen LogP contribution in [0.15, 0.2) is 182 Å². The predicted octanol–water partition coefficient (Wildman–Crippen LogP) is 14.8. The third kappa shape index (κ3) is 5.42. The summed E-state index contributed by atoms with van der Waals surface area (Å²) < 4.78 is 0. The van der Waals surface area contributed by atoms with E-state index in [1.807, 2.05) is 36.4 Å². The average molecular weight is 729 g/mol. The summed E-state index contributed by atoms with van der Waals surface area (Å²) in [6.07, 6.45) is 0. The van der Waals surface area contributed by atoms with Crippen LogP contribution in [0.2, 0.25) is 0 Å². The molecule has 4 nitrogen and oxygen atoms in total. The highest BCUT2D eigenvalue weighted by molar-refractivity contribution is 6.12. The van der Waals surface area contributed by atoms with E-state index in [-0.39, 0.29) is 5.41 Å². The van der Waals surface area contributed by atoms with Gasteiger partial charge in [0.05, 0.1) is 35.3 Å². The molecule has 4 heteroatoms. The number of benzene rings is 9. The first-order valence-corrected chi connectivity index (χ1v) is 19.2. The van der Waals surface area contributed by atoms with Crippen LogP contribution in [-0.4, -0.2) is 0 Å². The zero-order chi connectivity index (χ0) is 38.7. The van der Waals surface area contributed by atoms with Crippen molar-refractivity contribution in [3.05, 3.63) is 210 Å². The molecule has 9 aromatic carbocycles. The lowest BCUT2D eigenvalue weighted by molar-refractivity contribution is 0.661. The molecule has 0 unspecified atom stereocenters. The maximum Gasteiger partial charge on any atom is 0.187 e. The number of nitrogens with zero attached hydrogens (tertiary/aromatic N) is 4. The summed E-state index contributed by atoms with van der Waals surface area (Å²) in [6, 6.07) is 66.2. The highest BCUT2D eigenvalue weighted by atomic mass is 15.2. The molecule has 0 aliphatic heterocycles. The van der Waals surface area contributed by atoms with E-state index in [2.05, 4.69) is 180 Å². The van der Waals surface area contributed by atoms with E-state index in [0.29, 0.717) is 11.3 Å². The van der Waals surface area contributed by atoms with E-state index < -0.39 is 0 Å². The zero-order valence-electron chi connectivity index (χ0n) is 31.6. The van der Waals surface area contributed by atoms with E-state index in [0.717, 1.165) is 50.3 Å². The quantitative estimate of drug-likeness (QED) is 0.160. The van der Waals surface area contributed by atoms with Gasteiger partial charge in [-0.2, -0.15) is 5.26 Å². The molecule has 0 N–H and O–H groups in total. The molecular formula is C53H36N4. The van der Waals surface area contributed by atoms with Gasteiger partial charge < -0.3 is 9.80 Å². The fourth-order valence-corrected chi connectivity index (χ4v) is 8.88. The average Bonchev–Trinajstić information content (AvgIpc) is 3.49. The van der Waals surface area contributed by atoms with Crippen LogP contribution in [0, 0.1) is 17.9 Å². The molecule has 10 rings (SSSR count). The molecule has 0 bridgehead atoms. The first-order valence-electron chi connectivity index (χ1n) is 19.2. The Balaban J connectivity index is 1.20. The van der Waals surface area contributed by atoms with Gasteiger partial charge in [0.1, 0.15) is 0 Å². The van der Waals surface area contributed by atoms with Gasteiger partial charge in [0, 0.05) is 38.6 Å². The van der Waals surface area contributed by atoms with Crippen molar-refractivity contribution in [1.82, 2.24) is 0 Å². The van der Waals surface area contributed by atoms with Crippen molar-refractivity contribution >= 4 is 72.1 Å². The molecule has 0 saturated heterocycles. The largest absolute Gasteiger partial charge is 0.310 e. The van der Waals surface area contributed by atoms with E-state index in [1.54, 1.807) is 0 Å². The van der Waals surface area contributed by atoms with Gasteiger partial charge in [-0.25, -0.2) is 4.85 Å². The maximum atomic E-state index is 9.71. The summed E-state index contributed by atoms with van der Waals surface area (Å²) in [7, 11) is 0. The lowest BCUT2D eigenvalue weighted by Crippen LogP contribution is -2.18. The molecule has 268 valence electrons. The van der Waals surface area contributed by atoms with E-state index >= 15 is 0 Å². The third-order valence-corrected chi connectivity index (χ3v) is 11.6. The van der Waals surface area contributed by atoms with Gasteiger partial charge >= 0.3 is 0 Å². The van der Waals surface area contributed by atoms with Crippen LogP contribution in [0.1, 0.15) is 30.5 Å². The van der Waals surface area contributed by atoms with Crippen LogP contribution in [0.5, 0.6) is 0 Å². The maximum absolute atomic E-state index is 9.71. The number of hydrogen-bond donors (Lipinski definition) is 0. The van der Waals surface area contributed by atoms with Crippen LogP contribution < -0.4 is 9.80 Å². The molecule has 0 atom stereocenters. The Morgan fingerprint density at radius 2 is 1.02 bits per heavy atom. The number of rotatable bonds is 6. The lowest BCUT2D eigenvalue weighted by Gasteiger charge is -2.31. The molecule has 0 heterocycles. The molecule has 0 saturated carbocycles. The van der Waals surface area contributed by atoms with Crippen LogP contribution in [0.4, 0.5) is 39.8 Å². The standard InChI is InChI=1S/C53H36N4/c1-53(2)47-32-41(56(39-28-24-38(55-3)25-29-39)49-20-10-14-36-12-4-6-16-42(36)49)30-31-46(47)52-45-19-9-8-18-44(45)51(33-48(52)53)57(40-26-22-35(34-54)23-27-40)50-21-11-15-37-13-5-7-17-43(37)50/h4-33H,1-2H3. The first-order chi connectivity index (χ1) is 27.9. The van der Waals surface area contributed by atoms with Gasteiger partial charge in [0.25, 0.3) is 0 Å². The van der Waals surface area contributed by atoms with Crippen molar-refractivity contribution in [1.29, 1.82) is 5.26 Å². The van der Waals surface area contributed by atoms with Crippen molar-refractivity contribution < 1.29 is 0 Å². The van der Waals surface area contributed by atoms with Crippen molar-refractivity contribution in [2.45, 2.75) is 19.3 Å². The van der Waals surface area contributed by atoms with Crippen molar-refractivity contribution in [2.24, 2.45) is 0 Å². The Morgan fingerprint density at radius 3 is 1.65 bits per heavy atom. The normalized spacial score (nSPS) is 12.5. The lowest BCUT2D eigenvalue weighted by atomic mass is 9.81. The molecule has 1 aliphatic carbocycles. The van der Waals surface area contributed by atoms with Crippen molar-refractivity contribution in [3.63, 3.8) is 0 Å². The third-order valence-electron chi connectivity index (χ3n) is 11.6. The van der Waals surface area contributed by atoms with Crippen LogP contribution >= 0.6 is 0 Å². The van der Waals surface area contributed by atoms with Crippen LogP contribution in [0.3, 0.4) is 0 Å². The summed E-state index contributed by atoms with van der Waals surface area (Å²) in [5.41, 5.74) is 12.2. The van der Waals surface area contributed by atoms with Crippen molar-refractivity contribution in [3.8, 4) is 17.2 Å². The minimum atomic E-state index is -0.354. The van der Waals surface area contributed by atoms with E-state index in [9.17, 15) is 5.26 Å². The molecule has 57 heavy (non-hydrogen) atoms. The summed E-state index contributed by atoms with van der Waals surface area (Å²) in [5, 5.41) is 16.7.